The standard InChI is InChI=1S/C9H20N4/c1-8(2,3)9(4,5)6-7(10)12-13-11/h6H2,1-5H3,(H3,10,11,12). The molecule has 76 valence electrons. The topological polar surface area (TPSA) is 74.6 Å². The van der Waals surface area contributed by atoms with Gasteiger partial charge in [0.25, 0.3) is 0 Å². The van der Waals surface area contributed by atoms with Gasteiger partial charge in [-0.2, -0.15) is 5.53 Å². The maximum atomic E-state index is 6.55. The van der Waals surface area contributed by atoms with E-state index in [1.165, 1.54) is 0 Å². The first-order valence-corrected chi connectivity index (χ1v) is 4.39. The first-order chi connectivity index (χ1) is 5.70. The molecule has 0 bridgehead atoms. The molecular formula is C9H20N4. The molecule has 0 spiro atoms. The minimum absolute atomic E-state index is 0.0608. The van der Waals surface area contributed by atoms with E-state index < -0.39 is 0 Å². The molecule has 0 rings (SSSR count). The summed E-state index contributed by atoms with van der Waals surface area (Å²) < 4.78 is 0. The van der Waals surface area contributed by atoms with E-state index in [-0.39, 0.29) is 10.8 Å². The number of rotatable bonds is 3. The van der Waals surface area contributed by atoms with Crippen LogP contribution in [0.15, 0.2) is 10.3 Å². The highest BCUT2D eigenvalue weighted by molar-refractivity contribution is 5.80. The lowest BCUT2D eigenvalue weighted by molar-refractivity contribution is 0.141. The van der Waals surface area contributed by atoms with E-state index in [1.54, 1.807) is 0 Å². The zero-order chi connectivity index (χ0) is 10.7. The molecule has 0 heterocycles. The van der Waals surface area contributed by atoms with Gasteiger partial charge >= 0.3 is 0 Å². The molecule has 0 amide bonds. The van der Waals surface area contributed by atoms with Crippen LogP contribution in [0.1, 0.15) is 41.0 Å². The molecule has 0 aliphatic heterocycles. The molecule has 13 heavy (non-hydrogen) atoms. The number of hydrogen-bond acceptors (Lipinski definition) is 2. The maximum Gasteiger partial charge on any atom is 0.124 e. The smallest absolute Gasteiger partial charge is 0.124 e. The molecule has 4 heteroatoms. The van der Waals surface area contributed by atoms with Gasteiger partial charge in [-0.3, -0.25) is 0 Å². The number of hydrogen-bond donors (Lipinski definition) is 2. The first-order valence-electron chi connectivity index (χ1n) is 4.39. The SMILES string of the molecule is CC(C)(C)C(C)(C)CC(N)=NN=N. The molecule has 0 aromatic carbocycles. The second kappa shape index (κ2) is 3.85. The molecule has 0 radical (unpaired) electrons. The van der Waals surface area contributed by atoms with E-state index >= 15 is 0 Å². The molecule has 0 saturated carbocycles. The monoisotopic (exact) mass is 184 g/mol. The Kier molecular flexibility index (Phi) is 3.58. The van der Waals surface area contributed by atoms with Crippen molar-refractivity contribution in [2.24, 2.45) is 26.9 Å². The van der Waals surface area contributed by atoms with Crippen LogP contribution in [-0.2, 0) is 0 Å². The Morgan fingerprint density at radius 1 is 1.23 bits per heavy atom. The second-order valence-corrected chi connectivity index (χ2v) is 5.00. The summed E-state index contributed by atoms with van der Waals surface area (Å²) in [5.41, 5.74) is 12.4. The predicted octanol–water partition coefficient (Wildman–Crippen LogP) is 2.75. The largest absolute Gasteiger partial charge is 0.386 e. The highest BCUT2D eigenvalue weighted by Crippen LogP contribution is 2.40. The minimum atomic E-state index is 0.0608. The van der Waals surface area contributed by atoms with Crippen LogP contribution in [-0.4, -0.2) is 5.84 Å². The van der Waals surface area contributed by atoms with E-state index in [4.69, 9.17) is 11.3 Å². The van der Waals surface area contributed by atoms with E-state index in [0.29, 0.717) is 12.3 Å². The molecule has 0 aliphatic carbocycles. The van der Waals surface area contributed by atoms with Crippen molar-refractivity contribution in [3.63, 3.8) is 0 Å². The van der Waals surface area contributed by atoms with Gasteiger partial charge in [0, 0.05) is 6.42 Å². The lowest BCUT2D eigenvalue weighted by atomic mass is 9.67. The summed E-state index contributed by atoms with van der Waals surface area (Å²) >= 11 is 0. The van der Waals surface area contributed by atoms with Crippen LogP contribution in [0.5, 0.6) is 0 Å². The van der Waals surface area contributed by atoms with Crippen LogP contribution in [0.2, 0.25) is 0 Å². The Labute approximate surface area is 80.1 Å². The van der Waals surface area contributed by atoms with Crippen molar-refractivity contribution in [1.29, 1.82) is 5.53 Å². The van der Waals surface area contributed by atoms with Gasteiger partial charge < -0.3 is 5.73 Å². The molecule has 0 aliphatic rings. The highest BCUT2D eigenvalue weighted by atomic mass is 15.3. The maximum absolute atomic E-state index is 6.55. The quantitative estimate of drug-likeness (QED) is 0.301. The van der Waals surface area contributed by atoms with Crippen LogP contribution in [0, 0.1) is 16.4 Å². The fourth-order valence-electron chi connectivity index (χ4n) is 0.818. The number of nitrogens with one attached hydrogen (secondary N) is 1. The molecule has 4 nitrogen and oxygen atoms in total. The Hall–Kier alpha value is -0.930. The summed E-state index contributed by atoms with van der Waals surface area (Å²) in [6, 6.07) is 0. The predicted molar refractivity (Wildman–Crippen MR) is 54.6 cm³/mol. The lowest BCUT2D eigenvalue weighted by Gasteiger charge is -2.38. The van der Waals surface area contributed by atoms with E-state index in [2.05, 4.69) is 44.9 Å². The Morgan fingerprint density at radius 3 is 2.00 bits per heavy atom. The Morgan fingerprint density at radius 2 is 1.69 bits per heavy atom. The summed E-state index contributed by atoms with van der Waals surface area (Å²) in [7, 11) is 0. The zero-order valence-electron chi connectivity index (χ0n) is 9.18. The summed E-state index contributed by atoms with van der Waals surface area (Å²) in [4.78, 5) is 0. The third-order valence-corrected chi connectivity index (χ3v) is 2.83. The highest BCUT2D eigenvalue weighted by Gasteiger charge is 2.33. The van der Waals surface area contributed by atoms with E-state index in [1.807, 2.05) is 0 Å². The van der Waals surface area contributed by atoms with Gasteiger partial charge in [-0.25, -0.2) is 0 Å². The van der Waals surface area contributed by atoms with Crippen LogP contribution in [0.3, 0.4) is 0 Å². The number of nitrogens with two attached hydrogens (primary N) is 1. The van der Waals surface area contributed by atoms with Crippen molar-refractivity contribution in [2.45, 2.75) is 41.0 Å². The van der Waals surface area contributed by atoms with Gasteiger partial charge in [-0.05, 0) is 10.8 Å². The minimum Gasteiger partial charge on any atom is -0.386 e. The normalized spacial score (nSPS) is 14.4. The summed E-state index contributed by atoms with van der Waals surface area (Å²) in [6.07, 6.45) is 0.666. The van der Waals surface area contributed by atoms with Crippen LogP contribution >= 0.6 is 0 Å². The molecule has 0 fully saturated rings. The van der Waals surface area contributed by atoms with Gasteiger partial charge in [-0.1, -0.05) is 39.8 Å². The van der Waals surface area contributed by atoms with E-state index in [9.17, 15) is 0 Å². The fourth-order valence-corrected chi connectivity index (χ4v) is 0.818. The Balaban J connectivity index is 4.51. The van der Waals surface area contributed by atoms with E-state index in [0.717, 1.165) is 0 Å². The summed E-state index contributed by atoms with van der Waals surface area (Å²) in [6.45, 7) is 10.8. The molecule has 3 N–H and O–H groups in total. The zero-order valence-corrected chi connectivity index (χ0v) is 9.18. The Bertz CT molecular complexity index is 210. The molecule has 0 aromatic heterocycles. The van der Waals surface area contributed by atoms with Gasteiger partial charge in [0.1, 0.15) is 5.84 Å². The number of nitrogens with zero attached hydrogens (tertiary/aromatic N) is 2. The van der Waals surface area contributed by atoms with Crippen molar-refractivity contribution >= 4 is 5.84 Å². The molecular weight excluding hydrogens is 164 g/mol. The average molecular weight is 184 g/mol. The van der Waals surface area contributed by atoms with Crippen LogP contribution in [0.25, 0.3) is 0 Å². The third kappa shape index (κ3) is 3.53. The van der Waals surface area contributed by atoms with Crippen molar-refractivity contribution in [1.82, 2.24) is 0 Å². The molecule has 0 aromatic rings. The average Bonchev–Trinajstić information content (AvgIpc) is 1.83. The molecule has 0 unspecified atom stereocenters. The third-order valence-electron chi connectivity index (χ3n) is 2.83. The van der Waals surface area contributed by atoms with Crippen LogP contribution < -0.4 is 5.73 Å². The lowest BCUT2D eigenvalue weighted by Crippen LogP contribution is -2.34. The molecule has 0 saturated heterocycles. The number of amidine groups is 1. The van der Waals surface area contributed by atoms with Crippen molar-refractivity contribution in [3.05, 3.63) is 0 Å². The summed E-state index contributed by atoms with van der Waals surface area (Å²) in [5.74, 6) is 0.426. The van der Waals surface area contributed by atoms with Crippen molar-refractivity contribution < 1.29 is 0 Å². The van der Waals surface area contributed by atoms with Crippen molar-refractivity contribution in [2.75, 3.05) is 0 Å². The molecule has 0 atom stereocenters. The fraction of sp³-hybridized carbons (Fsp3) is 0.889. The van der Waals surface area contributed by atoms with Gasteiger partial charge in [0.15, 0.2) is 0 Å². The first kappa shape index (κ1) is 12.1. The second-order valence-electron chi connectivity index (χ2n) is 5.00. The van der Waals surface area contributed by atoms with Gasteiger partial charge in [0.05, 0.1) is 0 Å². The van der Waals surface area contributed by atoms with Gasteiger partial charge in [0.2, 0.25) is 0 Å². The van der Waals surface area contributed by atoms with Crippen molar-refractivity contribution in [3.8, 4) is 0 Å². The summed E-state index contributed by atoms with van der Waals surface area (Å²) in [5, 5.41) is 6.42. The van der Waals surface area contributed by atoms with Crippen LogP contribution in [0.4, 0.5) is 0 Å². The van der Waals surface area contributed by atoms with Gasteiger partial charge in [-0.15, -0.1) is 5.10 Å².